The average molecular weight is 442 g/mol. The summed E-state index contributed by atoms with van der Waals surface area (Å²) in [6, 6.07) is 14.4. The first-order chi connectivity index (χ1) is 14.9. The molecular formula is C23H24ClN3O4. The van der Waals surface area contributed by atoms with Gasteiger partial charge in [0, 0.05) is 10.7 Å². The van der Waals surface area contributed by atoms with E-state index in [0.29, 0.717) is 46.6 Å². The van der Waals surface area contributed by atoms with Gasteiger partial charge in [0.15, 0.2) is 6.61 Å². The molecule has 1 N–H and O–H groups in total. The molecule has 0 aliphatic carbocycles. The quantitative estimate of drug-likeness (QED) is 0.524. The van der Waals surface area contributed by atoms with Crippen LogP contribution in [0.5, 0.6) is 5.75 Å². The zero-order valence-corrected chi connectivity index (χ0v) is 18.4. The fourth-order valence-corrected chi connectivity index (χ4v) is 3.33. The number of hydrogen-bond acceptors (Lipinski definition) is 5. The van der Waals surface area contributed by atoms with E-state index in [2.05, 4.69) is 10.4 Å². The van der Waals surface area contributed by atoms with Gasteiger partial charge in [-0.25, -0.2) is 4.79 Å². The van der Waals surface area contributed by atoms with E-state index < -0.39 is 18.5 Å². The zero-order chi connectivity index (χ0) is 22.4. The summed E-state index contributed by atoms with van der Waals surface area (Å²) in [6.07, 6.45) is 0. The van der Waals surface area contributed by atoms with Crippen LogP contribution in [-0.2, 0) is 16.1 Å². The van der Waals surface area contributed by atoms with Crippen LogP contribution in [0.15, 0.2) is 48.5 Å². The number of aromatic nitrogens is 2. The lowest BCUT2D eigenvalue weighted by Gasteiger charge is -2.09. The molecular weight excluding hydrogens is 418 g/mol. The molecule has 1 aromatic heterocycles. The lowest BCUT2D eigenvalue weighted by molar-refractivity contribution is -0.119. The van der Waals surface area contributed by atoms with Crippen LogP contribution in [0.25, 0.3) is 0 Å². The maximum atomic E-state index is 12.6. The number of nitrogens with zero attached hydrogens (tertiary/aromatic N) is 2. The highest BCUT2D eigenvalue weighted by molar-refractivity contribution is 6.31. The van der Waals surface area contributed by atoms with Gasteiger partial charge in [0.05, 0.1) is 24.5 Å². The van der Waals surface area contributed by atoms with Gasteiger partial charge in [0.25, 0.3) is 5.91 Å². The summed E-state index contributed by atoms with van der Waals surface area (Å²) in [5, 5.41) is 7.74. The van der Waals surface area contributed by atoms with E-state index in [1.54, 1.807) is 48.9 Å². The van der Waals surface area contributed by atoms with Gasteiger partial charge in [-0.3, -0.25) is 9.48 Å². The molecule has 31 heavy (non-hydrogen) atoms. The van der Waals surface area contributed by atoms with Crippen LogP contribution < -0.4 is 10.1 Å². The van der Waals surface area contributed by atoms with Crippen LogP contribution in [0.1, 0.15) is 34.2 Å². The molecule has 0 saturated carbocycles. The fourth-order valence-electron chi connectivity index (χ4n) is 3.14. The topological polar surface area (TPSA) is 82.4 Å². The Hall–Kier alpha value is -3.32. The summed E-state index contributed by atoms with van der Waals surface area (Å²) in [4.78, 5) is 24.8. The third-order valence-electron chi connectivity index (χ3n) is 4.65. The molecule has 0 fully saturated rings. The molecule has 0 unspecified atom stereocenters. The van der Waals surface area contributed by atoms with Gasteiger partial charge in [-0.15, -0.1) is 0 Å². The van der Waals surface area contributed by atoms with Crippen molar-refractivity contribution in [3.05, 3.63) is 76.1 Å². The Bertz CT molecular complexity index is 1080. The Morgan fingerprint density at radius 3 is 2.48 bits per heavy atom. The summed E-state index contributed by atoms with van der Waals surface area (Å²) >= 11 is 6.23. The van der Waals surface area contributed by atoms with Crippen molar-refractivity contribution in [3.8, 4) is 5.75 Å². The summed E-state index contributed by atoms with van der Waals surface area (Å²) in [7, 11) is 0. The smallest absolute Gasteiger partial charge is 0.342 e. The third-order valence-corrected chi connectivity index (χ3v) is 5.02. The van der Waals surface area contributed by atoms with Crippen LogP contribution in [0.4, 0.5) is 5.69 Å². The molecule has 2 aromatic carbocycles. The zero-order valence-electron chi connectivity index (χ0n) is 17.6. The van der Waals surface area contributed by atoms with Gasteiger partial charge in [0.2, 0.25) is 0 Å². The van der Waals surface area contributed by atoms with Crippen LogP contribution in [0.2, 0.25) is 5.02 Å². The van der Waals surface area contributed by atoms with E-state index in [4.69, 9.17) is 21.1 Å². The largest absolute Gasteiger partial charge is 0.494 e. The van der Waals surface area contributed by atoms with Crippen molar-refractivity contribution in [1.29, 1.82) is 0 Å². The van der Waals surface area contributed by atoms with Crippen LogP contribution in [-0.4, -0.2) is 34.9 Å². The number of aryl methyl sites for hydroxylation is 1. The Morgan fingerprint density at radius 1 is 1.10 bits per heavy atom. The van der Waals surface area contributed by atoms with Gasteiger partial charge in [-0.1, -0.05) is 29.8 Å². The number of carbonyl (C=O) groups excluding carboxylic acids is 2. The Kier molecular flexibility index (Phi) is 7.31. The Morgan fingerprint density at radius 2 is 1.81 bits per heavy atom. The molecule has 7 nitrogen and oxygen atoms in total. The molecule has 0 saturated heterocycles. The first kappa shape index (κ1) is 22.4. The first-order valence-electron chi connectivity index (χ1n) is 9.86. The second kappa shape index (κ2) is 10.1. The van der Waals surface area contributed by atoms with Crippen LogP contribution in [0.3, 0.4) is 0 Å². The molecule has 1 amide bonds. The molecule has 1 heterocycles. The minimum Gasteiger partial charge on any atom is -0.494 e. The van der Waals surface area contributed by atoms with E-state index >= 15 is 0 Å². The Balaban J connectivity index is 1.60. The molecule has 0 aliphatic heterocycles. The summed E-state index contributed by atoms with van der Waals surface area (Å²) < 4.78 is 12.3. The van der Waals surface area contributed by atoms with Crippen molar-refractivity contribution < 1.29 is 19.1 Å². The van der Waals surface area contributed by atoms with Crippen molar-refractivity contribution in [1.82, 2.24) is 9.78 Å². The van der Waals surface area contributed by atoms with Gasteiger partial charge < -0.3 is 14.8 Å². The van der Waals surface area contributed by atoms with E-state index in [0.717, 1.165) is 5.56 Å². The van der Waals surface area contributed by atoms with Gasteiger partial charge in [0.1, 0.15) is 11.3 Å². The number of halogens is 1. The monoisotopic (exact) mass is 441 g/mol. The van der Waals surface area contributed by atoms with E-state index in [-0.39, 0.29) is 0 Å². The number of nitrogens with one attached hydrogen (secondary N) is 1. The fraction of sp³-hybridized carbons (Fsp3) is 0.261. The van der Waals surface area contributed by atoms with Crippen molar-refractivity contribution in [3.63, 3.8) is 0 Å². The number of ether oxygens (including phenoxy) is 2. The third kappa shape index (κ3) is 5.64. The highest BCUT2D eigenvalue weighted by Crippen LogP contribution is 2.20. The molecule has 0 radical (unpaired) electrons. The highest BCUT2D eigenvalue weighted by atomic mass is 35.5. The summed E-state index contributed by atoms with van der Waals surface area (Å²) in [5.74, 6) is -0.315. The first-order valence-corrected chi connectivity index (χ1v) is 10.2. The Labute approximate surface area is 185 Å². The van der Waals surface area contributed by atoms with E-state index in [1.165, 1.54) is 0 Å². The van der Waals surface area contributed by atoms with Crippen molar-refractivity contribution in [2.45, 2.75) is 27.3 Å². The SMILES string of the molecule is CCOc1ccc(NC(=O)COC(=O)c2c(C)nn(Cc3ccccc3Cl)c2C)cc1. The standard InChI is InChI=1S/C23H24ClN3O4/c1-4-30-19-11-9-18(10-12-19)25-21(28)14-31-23(29)22-15(2)26-27(16(22)3)13-17-7-5-6-8-20(17)24/h5-12H,4,13-14H2,1-3H3,(H,25,28). The molecule has 0 atom stereocenters. The number of rotatable bonds is 8. The van der Waals surface area contributed by atoms with E-state index in [9.17, 15) is 9.59 Å². The maximum absolute atomic E-state index is 12.6. The van der Waals surface area contributed by atoms with Gasteiger partial charge in [-0.2, -0.15) is 5.10 Å². The minimum atomic E-state index is -0.595. The summed E-state index contributed by atoms with van der Waals surface area (Å²) in [6.45, 7) is 6.00. The molecule has 3 aromatic rings. The van der Waals surface area contributed by atoms with Crippen molar-refractivity contribution in [2.24, 2.45) is 0 Å². The number of benzene rings is 2. The lowest BCUT2D eigenvalue weighted by Crippen LogP contribution is -2.21. The molecule has 0 aliphatic rings. The summed E-state index contributed by atoms with van der Waals surface area (Å²) in [5.41, 5.74) is 3.01. The molecule has 3 rings (SSSR count). The van der Waals surface area contributed by atoms with Crippen molar-refractivity contribution in [2.75, 3.05) is 18.5 Å². The van der Waals surface area contributed by atoms with Crippen molar-refractivity contribution >= 4 is 29.2 Å². The van der Waals surface area contributed by atoms with Crippen LogP contribution >= 0.6 is 11.6 Å². The number of carbonyl (C=O) groups is 2. The number of hydrogen-bond donors (Lipinski definition) is 1. The van der Waals surface area contributed by atoms with Gasteiger partial charge in [-0.05, 0) is 56.7 Å². The molecule has 8 heteroatoms. The van der Waals surface area contributed by atoms with Gasteiger partial charge >= 0.3 is 5.97 Å². The number of amides is 1. The molecule has 0 spiro atoms. The second-order valence-corrected chi connectivity index (χ2v) is 7.28. The molecule has 0 bridgehead atoms. The highest BCUT2D eigenvalue weighted by Gasteiger charge is 2.21. The maximum Gasteiger partial charge on any atom is 0.342 e. The predicted molar refractivity (Wildman–Crippen MR) is 119 cm³/mol. The normalized spacial score (nSPS) is 10.6. The number of esters is 1. The average Bonchev–Trinajstić information content (AvgIpc) is 3.02. The number of anilines is 1. The molecule has 162 valence electrons. The predicted octanol–water partition coefficient (Wildman–Crippen LogP) is 4.40. The lowest BCUT2D eigenvalue weighted by atomic mass is 10.2. The second-order valence-electron chi connectivity index (χ2n) is 6.88. The minimum absolute atomic E-state index is 0.348. The van der Waals surface area contributed by atoms with E-state index in [1.807, 2.05) is 25.1 Å². The van der Waals surface area contributed by atoms with Crippen LogP contribution in [0, 0.1) is 13.8 Å².